The number of hydrogen-bond acceptors (Lipinski definition) is 7. The first-order chi connectivity index (χ1) is 13.5. The number of allylic oxidation sites excluding steroid dienone is 3. The molecule has 0 N–H and O–H groups in total. The van der Waals surface area contributed by atoms with E-state index in [1.807, 2.05) is 26.1 Å². The zero-order chi connectivity index (χ0) is 24.8. The van der Waals surface area contributed by atoms with Crippen molar-refractivity contribution in [2.45, 2.75) is 41.5 Å². The van der Waals surface area contributed by atoms with Crippen molar-refractivity contribution in [3.63, 3.8) is 0 Å². The Labute approximate surface area is 209 Å². The van der Waals surface area contributed by atoms with E-state index in [4.69, 9.17) is 28.8 Å². The molecule has 0 amide bonds. The smallest absolute Gasteiger partial charge is 0.721 e. The molecule has 0 saturated carbocycles. The molecule has 0 spiro atoms. The molecule has 0 fully saturated rings. The Morgan fingerprint density at radius 2 is 1.20 bits per heavy atom. The van der Waals surface area contributed by atoms with Gasteiger partial charge >= 0.3 is 39.0 Å². The summed E-state index contributed by atoms with van der Waals surface area (Å²) >= 11 is 0. The van der Waals surface area contributed by atoms with Gasteiger partial charge < -0.3 is 46.4 Å². The minimum absolute atomic E-state index is 0. The zero-order valence-corrected chi connectivity index (χ0v) is 21.7. The molecule has 0 unspecified atom stereocenters. The van der Waals surface area contributed by atoms with Gasteiger partial charge in [0.15, 0.2) is 0 Å². The Bertz CT molecular complexity index is 300. The molecular weight excluding hydrogens is 566 g/mol. The van der Waals surface area contributed by atoms with Crippen LogP contribution in [0.5, 0.6) is 0 Å². The van der Waals surface area contributed by atoms with E-state index in [1.165, 1.54) is 5.57 Å². The summed E-state index contributed by atoms with van der Waals surface area (Å²) in [6.45, 7) is 33.6. The van der Waals surface area contributed by atoms with E-state index in [0.717, 1.165) is 13.1 Å². The molecule has 30 heavy (non-hydrogen) atoms. The van der Waals surface area contributed by atoms with Crippen molar-refractivity contribution in [3.8, 4) is 0 Å². The second kappa shape index (κ2) is 125. The fraction of sp³-hybridized carbons (Fsp3) is 0.450. The summed E-state index contributed by atoms with van der Waals surface area (Å²) in [6, 6.07) is 0. The standard InChI is InChI=1S/2C7H13N.6CHO.2Ru/c2*1-4-8-6-5-7(2)3;6*1-2;;/h6-7H,4H2,1-3H3;5-6H,4H2,1-3H3;6*1H;;/q-2;;6*-1;+4;+5. The minimum Gasteiger partial charge on any atom is -0.721 e. The molecule has 0 aliphatic carbocycles. The summed E-state index contributed by atoms with van der Waals surface area (Å²) in [4.78, 5) is 50.5. The Balaban J connectivity index is -0.0000000213. The molecule has 0 bridgehead atoms. The molecule has 0 aromatic heterocycles. The molecule has 0 aromatic carbocycles. The molecule has 0 atom stereocenters. The molecule has 0 aliphatic rings. The topological polar surface area (TPSA) is 129 Å². The van der Waals surface area contributed by atoms with Crippen molar-refractivity contribution in [2.24, 2.45) is 10.9 Å². The van der Waals surface area contributed by atoms with E-state index in [1.54, 1.807) is 6.20 Å². The van der Waals surface area contributed by atoms with E-state index in [9.17, 15) is 0 Å². The van der Waals surface area contributed by atoms with Crippen LogP contribution in [0.3, 0.4) is 0 Å². The van der Waals surface area contributed by atoms with Crippen molar-refractivity contribution >= 4 is 46.9 Å². The Morgan fingerprint density at radius 1 is 0.867 bits per heavy atom. The summed E-state index contributed by atoms with van der Waals surface area (Å²) in [5.41, 5.74) is 1.29. The third kappa shape index (κ3) is 247. The first-order valence-corrected chi connectivity index (χ1v) is 7.33. The van der Waals surface area contributed by atoms with E-state index in [0.29, 0.717) is 5.92 Å². The zero-order valence-electron chi connectivity index (χ0n) is 18.2. The van der Waals surface area contributed by atoms with Crippen molar-refractivity contribution in [1.82, 2.24) is 0 Å². The van der Waals surface area contributed by atoms with Crippen LogP contribution < -0.4 is 0 Å². The number of hydrogen-bond donors (Lipinski definition) is 0. The van der Waals surface area contributed by atoms with Crippen molar-refractivity contribution < 1.29 is 67.7 Å². The van der Waals surface area contributed by atoms with Crippen LogP contribution in [-0.4, -0.2) is 60.0 Å². The molecular formula is C20H32N2O6Ru2+. The van der Waals surface area contributed by atoms with Crippen LogP contribution in [0.2, 0.25) is 0 Å². The van der Waals surface area contributed by atoms with Gasteiger partial charge in [0.05, 0.1) is 0 Å². The summed E-state index contributed by atoms with van der Waals surface area (Å²) in [6.07, 6.45) is 8.66. The summed E-state index contributed by atoms with van der Waals surface area (Å²) < 4.78 is 0. The summed E-state index contributed by atoms with van der Waals surface area (Å²) in [5, 5.41) is 3.98. The fourth-order valence-electron chi connectivity index (χ4n) is 0.600. The second-order valence-corrected chi connectivity index (χ2v) is 3.84. The Hall–Kier alpha value is -1.78. The molecule has 0 rings (SSSR count). The third-order valence-corrected chi connectivity index (χ3v) is 1.38. The van der Waals surface area contributed by atoms with Gasteiger partial charge in [-0.3, -0.25) is 45.7 Å². The maximum atomic E-state index is 7.75. The van der Waals surface area contributed by atoms with Crippen LogP contribution >= 0.6 is 0 Å². The average molecular weight is 599 g/mol. The number of carbonyl (C=O) groups excluding carboxylic acids is 6. The van der Waals surface area contributed by atoms with Gasteiger partial charge in [0.1, 0.15) is 0 Å². The van der Waals surface area contributed by atoms with Crippen LogP contribution in [0.1, 0.15) is 41.5 Å². The molecule has 0 saturated heterocycles. The van der Waals surface area contributed by atoms with Gasteiger partial charge in [0.25, 0.3) is 0 Å². The number of aliphatic imine (C=N–C) groups is 1. The largest absolute Gasteiger partial charge is 5.00 e. The van der Waals surface area contributed by atoms with Gasteiger partial charge in [-0.1, -0.05) is 26.3 Å². The molecule has 0 heterocycles. The predicted octanol–water partition coefficient (Wildman–Crippen LogP) is 2.75. The number of nitrogens with zero attached hydrogens (tertiary/aromatic N) is 2. The van der Waals surface area contributed by atoms with Gasteiger partial charge in [-0.2, -0.15) is 5.92 Å². The van der Waals surface area contributed by atoms with Gasteiger partial charge in [0.2, 0.25) is 0 Å². The number of rotatable bonds is 5. The quantitative estimate of drug-likeness (QED) is 0.207. The first kappa shape index (κ1) is 63.0. The summed E-state index contributed by atoms with van der Waals surface area (Å²) in [7, 11) is 0. The van der Waals surface area contributed by atoms with Crippen LogP contribution in [0, 0.1) is 12.0 Å². The summed E-state index contributed by atoms with van der Waals surface area (Å²) in [5.74, 6) is 0.505. The second-order valence-electron chi connectivity index (χ2n) is 3.84. The Kier molecular flexibility index (Phi) is 263. The average Bonchev–Trinajstić information content (AvgIpc) is 2.77. The Morgan fingerprint density at radius 3 is 1.40 bits per heavy atom. The van der Waals surface area contributed by atoms with Crippen molar-refractivity contribution in [3.05, 3.63) is 29.2 Å². The molecule has 10 heteroatoms. The SMILES string of the molecule is CCN=CC=C(C)C.CC[N-]C=[C-]C(C)C.[CH-]=O.[CH-]=O.[CH-]=O.[CH-]=O.[CH-]=O.[CH-]=O.[Ru+4].[Ru+5]. The van der Waals surface area contributed by atoms with Crippen LogP contribution in [0.25, 0.3) is 5.32 Å². The van der Waals surface area contributed by atoms with Crippen LogP contribution in [-0.2, 0) is 67.7 Å². The maximum absolute atomic E-state index is 7.75. The van der Waals surface area contributed by atoms with Gasteiger partial charge in [-0.05, 0) is 26.8 Å². The van der Waals surface area contributed by atoms with Gasteiger partial charge in [-0.25, -0.2) is 0 Å². The van der Waals surface area contributed by atoms with Crippen LogP contribution in [0.4, 0.5) is 0 Å². The van der Waals surface area contributed by atoms with Crippen molar-refractivity contribution in [2.75, 3.05) is 13.1 Å². The van der Waals surface area contributed by atoms with Crippen LogP contribution in [0.15, 0.2) is 22.8 Å². The van der Waals surface area contributed by atoms with Crippen molar-refractivity contribution in [1.29, 1.82) is 0 Å². The van der Waals surface area contributed by atoms with E-state index in [2.05, 4.69) is 84.8 Å². The van der Waals surface area contributed by atoms with E-state index in [-0.39, 0.29) is 39.0 Å². The maximum Gasteiger partial charge on any atom is 5.00 e. The monoisotopic (exact) mass is 600 g/mol. The predicted molar refractivity (Wildman–Crippen MR) is 116 cm³/mol. The fourth-order valence-corrected chi connectivity index (χ4v) is 0.600. The van der Waals surface area contributed by atoms with E-state index >= 15 is 0 Å². The molecule has 0 aromatic rings. The van der Waals surface area contributed by atoms with E-state index < -0.39 is 0 Å². The minimum atomic E-state index is 0. The normalized spacial score (nSPS) is 6.37. The van der Waals surface area contributed by atoms with Gasteiger partial charge in [-0.15, -0.1) is 6.54 Å². The molecule has 0 aliphatic heterocycles. The molecule has 1 radical (unpaired) electrons. The van der Waals surface area contributed by atoms with Gasteiger partial charge in [0, 0.05) is 12.8 Å². The molecule has 8 nitrogen and oxygen atoms in total. The third-order valence-electron chi connectivity index (χ3n) is 1.38. The first-order valence-electron chi connectivity index (χ1n) is 7.33. The molecule has 173 valence electrons.